The molecule has 0 spiro atoms. The number of oxazole rings is 1. The smallest absolute Gasteiger partial charge is 0.416 e. The standard InChI is InChI=1S/C28H25F3N2O3/c29-28(30,31)24-7-3-5-21(19-24)6-4-16-34-17-14-32-15-18-35-20-22-10-12-23(13-11-22)27-33-25-8-1-2-9-26(25)36-27/h1-3,5,7-13,19,32H,14-18,20H2. The van der Waals surface area contributed by atoms with E-state index in [1.165, 1.54) is 12.1 Å². The van der Waals surface area contributed by atoms with Crippen molar-refractivity contribution in [2.45, 2.75) is 12.8 Å². The van der Waals surface area contributed by atoms with Crippen molar-refractivity contribution in [3.63, 3.8) is 0 Å². The van der Waals surface area contributed by atoms with Crippen LogP contribution in [0.1, 0.15) is 16.7 Å². The zero-order valence-electron chi connectivity index (χ0n) is 19.5. The van der Waals surface area contributed by atoms with Gasteiger partial charge in [-0.05, 0) is 48.0 Å². The molecule has 0 aliphatic heterocycles. The average molecular weight is 495 g/mol. The van der Waals surface area contributed by atoms with Crippen molar-refractivity contribution in [2.75, 3.05) is 32.9 Å². The molecule has 0 amide bonds. The van der Waals surface area contributed by atoms with Crippen LogP contribution in [0.5, 0.6) is 0 Å². The molecule has 1 aromatic heterocycles. The molecule has 0 bridgehead atoms. The van der Waals surface area contributed by atoms with E-state index in [0.717, 1.165) is 34.4 Å². The maximum absolute atomic E-state index is 12.7. The number of rotatable bonds is 10. The van der Waals surface area contributed by atoms with Gasteiger partial charge in [0.1, 0.15) is 12.1 Å². The molecule has 0 radical (unpaired) electrons. The Bertz CT molecular complexity index is 1290. The van der Waals surface area contributed by atoms with Crippen molar-refractivity contribution >= 4 is 11.1 Å². The van der Waals surface area contributed by atoms with Gasteiger partial charge in [-0.25, -0.2) is 4.98 Å². The quantitative estimate of drug-likeness (QED) is 0.227. The first-order valence-electron chi connectivity index (χ1n) is 11.5. The normalized spacial score (nSPS) is 11.4. The Hall–Kier alpha value is -3.64. The first kappa shape index (κ1) is 25.5. The SMILES string of the molecule is FC(F)(F)c1cccc(C#CCOCCNCCOCc2ccc(-c3nc4ccccc4o3)cc2)c1. The van der Waals surface area contributed by atoms with Crippen LogP contribution in [0.2, 0.25) is 0 Å². The molecule has 3 aromatic carbocycles. The lowest BCUT2D eigenvalue weighted by Gasteiger charge is -2.07. The molecule has 36 heavy (non-hydrogen) atoms. The molecule has 0 aliphatic carbocycles. The molecule has 0 atom stereocenters. The van der Waals surface area contributed by atoms with Crippen LogP contribution in [0.4, 0.5) is 13.2 Å². The van der Waals surface area contributed by atoms with E-state index >= 15 is 0 Å². The summed E-state index contributed by atoms with van der Waals surface area (Å²) in [5, 5.41) is 3.20. The van der Waals surface area contributed by atoms with E-state index in [2.05, 4.69) is 22.1 Å². The Morgan fingerprint density at radius 1 is 0.889 bits per heavy atom. The minimum atomic E-state index is -4.37. The minimum Gasteiger partial charge on any atom is -0.436 e. The summed E-state index contributed by atoms with van der Waals surface area (Å²) >= 11 is 0. The van der Waals surface area contributed by atoms with E-state index in [-0.39, 0.29) is 6.61 Å². The average Bonchev–Trinajstić information content (AvgIpc) is 3.32. The highest BCUT2D eigenvalue weighted by atomic mass is 19.4. The van der Waals surface area contributed by atoms with E-state index in [9.17, 15) is 13.2 Å². The van der Waals surface area contributed by atoms with Gasteiger partial charge >= 0.3 is 6.18 Å². The molecule has 186 valence electrons. The maximum atomic E-state index is 12.7. The molecule has 1 N–H and O–H groups in total. The van der Waals surface area contributed by atoms with Crippen molar-refractivity contribution in [2.24, 2.45) is 0 Å². The highest BCUT2D eigenvalue weighted by Crippen LogP contribution is 2.29. The maximum Gasteiger partial charge on any atom is 0.416 e. The van der Waals surface area contributed by atoms with Crippen molar-refractivity contribution in [1.82, 2.24) is 10.3 Å². The van der Waals surface area contributed by atoms with Crippen molar-refractivity contribution < 1.29 is 27.1 Å². The monoisotopic (exact) mass is 494 g/mol. The van der Waals surface area contributed by atoms with Gasteiger partial charge in [0.25, 0.3) is 0 Å². The zero-order chi connectivity index (χ0) is 25.2. The molecular formula is C28H25F3N2O3. The molecule has 4 aromatic rings. The number of halogens is 3. The highest BCUT2D eigenvalue weighted by Gasteiger charge is 2.30. The number of alkyl halides is 3. The molecule has 0 saturated carbocycles. The topological polar surface area (TPSA) is 56.5 Å². The second kappa shape index (κ2) is 12.4. The highest BCUT2D eigenvalue weighted by molar-refractivity contribution is 5.75. The number of ether oxygens (including phenoxy) is 2. The predicted octanol–water partition coefficient (Wildman–Crippen LogP) is 5.69. The number of aromatic nitrogens is 1. The third-order valence-electron chi connectivity index (χ3n) is 5.21. The number of benzene rings is 3. The molecule has 8 heteroatoms. The van der Waals surface area contributed by atoms with Crippen LogP contribution < -0.4 is 5.32 Å². The lowest BCUT2D eigenvalue weighted by atomic mass is 10.1. The third kappa shape index (κ3) is 7.43. The van der Waals surface area contributed by atoms with Gasteiger partial charge in [0, 0.05) is 24.2 Å². The van der Waals surface area contributed by atoms with Crippen LogP contribution in [0, 0.1) is 11.8 Å². The Morgan fingerprint density at radius 2 is 1.67 bits per heavy atom. The summed E-state index contributed by atoms with van der Waals surface area (Å²) in [7, 11) is 0. The summed E-state index contributed by atoms with van der Waals surface area (Å²) in [6.45, 7) is 2.91. The summed E-state index contributed by atoms with van der Waals surface area (Å²) in [6.07, 6.45) is -4.37. The lowest BCUT2D eigenvalue weighted by molar-refractivity contribution is -0.137. The fourth-order valence-electron chi connectivity index (χ4n) is 3.38. The van der Waals surface area contributed by atoms with Crippen LogP contribution >= 0.6 is 0 Å². The number of nitrogens with one attached hydrogen (secondary N) is 1. The van der Waals surface area contributed by atoms with E-state index in [4.69, 9.17) is 13.9 Å². The van der Waals surface area contributed by atoms with Gasteiger partial charge in [-0.3, -0.25) is 0 Å². The van der Waals surface area contributed by atoms with Crippen molar-refractivity contribution in [3.05, 3.63) is 89.5 Å². The van der Waals surface area contributed by atoms with E-state index in [0.29, 0.717) is 44.4 Å². The van der Waals surface area contributed by atoms with Gasteiger partial charge < -0.3 is 19.2 Å². The molecular weight excluding hydrogens is 469 g/mol. The number of hydrogen-bond donors (Lipinski definition) is 1. The molecule has 5 nitrogen and oxygen atoms in total. The number of hydrogen-bond acceptors (Lipinski definition) is 5. The molecule has 0 saturated heterocycles. The van der Waals surface area contributed by atoms with Gasteiger partial charge in [-0.1, -0.05) is 42.2 Å². The van der Waals surface area contributed by atoms with Gasteiger partial charge in [0.2, 0.25) is 5.89 Å². The molecule has 4 rings (SSSR count). The second-order valence-corrected chi connectivity index (χ2v) is 7.92. The summed E-state index contributed by atoms with van der Waals surface area (Å²) in [4.78, 5) is 4.50. The Balaban J connectivity index is 1.07. The van der Waals surface area contributed by atoms with Gasteiger partial charge in [0.15, 0.2) is 5.58 Å². The van der Waals surface area contributed by atoms with E-state index < -0.39 is 11.7 Å². The number of para-hydroxylation sites is 2. The molecule has 0 unspecified atom stereocenters. The zero-order valence-corrected chi connectivity index (χ0v) is 19.5. The summed E-state index contributed by atoms with van der Waals surface area (Å²) < 4.78 is 55.0. The van der Waals surface area contributed by atoms with Crippen LogP contribution in [-0.2, 0) is 22.3 Å². The van der Waals surface area contributed by atoms with Crippen LogP contribution in [0.3, 0.4) is 0 Å². The first-order chi connectivity index (χ1) is 17.5. The minimum absolute atomic E-state index is 0.147. The van der Waals surface area contributed by atoms with Gasteiger partial charge in [-0.15, -0.1) is 0 Å². The fourth-order valence-corrected chi connectivity index (χ4v) is 3.38. The van der Waals surface area contributed by atoms with Crippen LogP contribution in [-0.4, -0.2) is 37.9 Å². The lowest BCUT2D eigenvalue weighted by Crippen LogP contribution is -2.24. The van der Waals surface area contributed by atoms with Gasteiger partial charge in [-0.2, -0.15) is 13.2 Å². The van der Waals surface area contributed by atoms with Crippen molar-refractivity contribution in [1.29, 1.82) is 0 Å². The second-order valence-electron chi connectivity index (χ2n) is 7.92. The number of fused-ring (bicyclic) bond motifs is 1. The van der Waals surface area contributed by atoms with E-state index in [1.54, 1.807) is 0 Å². The molecule has 0 fully saturated rings. The van der Waals surface area contributed by atoms with E-state index in [1.807, 2.05) is 48.5 Å². The van der Waals surface area contributed by atoms with Gasteiger partial charge in [0.05, 0.1) is 25.4 Å². The third-order valence-corrected chi connectivity index (χ3v) is 5.21. The largest absolute Gasteiger partial charge is 0.436 e. The molecule has 0 aliphatic rings. The fraction of sp³-hybridized carbons (Fsp3) is 0.250. The molecule has 1 heterocycles. The predicted molar refractivity (Wildman–Crippen MR) is 131 cm³/mol. The number of nitrogens with zero attached hydrogens (tertiary/aromatic N) is 1. The van der Waals surface area contributed by atoms with Crippen LogP contribution in [0.25, 0.3) is 22.6 Å². The van der Waals surface area contributed by atoms with Crippen molar-refractivity contribution in [3.8, 4) is 23.3 Å². The van der Waals surface area contributed by atoms with Crippen LogP contribution in [0.15, 0.2) is 77.2 Å². The Morgan fingerprint density at radius 3 is 2.44 bits per heavy atom. The summed E-state index contributed by atoms with van der Waals surface area (Å²) in [6, 6.07) is 20.5. The Labute approximate surface area is 207 Å². The first-order valence-corrected chi connectivity index (χ1v) is 11.5. The summed E-state index contributed by atoms with van der Waals surface area (Å²) in [5.41, 5.74) is 3.17. The summed E-state index contributed by atoms with van der Waals surface area (Å²) in [5.74, 6) is 6.01. The Kier molecular flexibility index (Phi) is 8.74.